The molecule has 3 N–H and O–H groups in total. The lowest BCUT2D eigenvalue weighted by Crippen LogP contribution is -2.25. The van der Waals surface area contributed by atoms with Crippen LogP contribution in [0.25, 0.3) is 44.2 Å². The van der Waals surface area contributed by atoms with Crippen LogP contribution >= 0.6 is 0 Å². The minimum atomic E-state index is -0.435. The molecular weight excluding hydrogens is 558 g/mol. The number of nitrogens with one attached hydrogen (secondary N) is 1. The van der Waals surface area contributed by atoms with Crippen molar-refractivity contribution >= 4 is 22.4 Å². The zero-order valence-electron chi connectivity index (χ0n) is 25.0. The molecule has 0 atom stereocenters. The SMILES string of the molecule is N=C(/N=C(\N)c1ccccc1)c1cc2ccccc2cc1-c1cccc2c1-c1ccccc1C21c2ccccc2-c2ccccc21. The van der Waals surface area contributed by atoms with Gasteiger partial charge in [-0.05, 0) is 78.5 Å². The van der Waals surface area contributed by atoms with E-state index in [1.807, 2.05) is 36.4 Å². The second kappa shape index (κ2) is 9.98. The van der Waals surface area contributed by atoms with Crippen LogP contribution in [0.4, 0.5) is 0 Å². The van der Waals surface area contributed by atoms with Crippen molar-refractivity contribution in [3.63, 3.8) is 0 Å². The van der Waals surface area contributed by atoms with E-state index in [9.17, 15) is 5.41 Å². The lowest BCUT2D eigenvalue weighted by Gasteiger charge is -2.30. The first-order valence-electron chi connectivity index (χ1n) is 15.6. The van der Waals surface area contributed by atoms with Crippen molar-refractivity contribution < 1.29 is 0 Å². The molecule has 0 amide bonds. The maximum absolute atomic E-state index is 9.30. The van der Waals surface area contributed by atoms with Crippen LogP contribution in [0.1, 0.15) is 33.4 Å². The Morgan fingerprint density at radius 3 is 1.65 bits per heavy atom. The second-order valence-corrected chi connectivity index (χ2v) is 12.1. The lowest BCUT2D eigenvalue weighted by molar-refractivity contribution is 0.794. The van der Waals surface area contributed by atoms with Crippen molar-refractivity contribution in [3.05, 3.63) is 191 Å². The van der Waals surface area contributed by atoms with E-state index in [0.29, 0.717) is 5.84 Å². The number of hydrogen-bond acceptors (Lipinski definition) is 1. The number of amidine groups is 2. The first kappa shape index (κ1) is 26.4. The minimum absolute atomic E-state index is 0.136. The number of hydrogen-bond donors (Lipinski definition) is 2. The number of aliphatic imine (C=N–C) groups is 1. The zero-order chi connectivity index (χ0) is 30.8. The number of nitrogens with zero attached hydrogens (tertiary/aromatic N) is 1. The summed E-state index contributed by atoms with van der Waals surface area (Å²) in [5, 5.41) is 11.5. The summed E-state index contributed by atoms with van der Waals surface area (Å²) >= 11 is 0. The Hall–Kier alpha value is -6.06. The average molecular weight is 588 g/mol. The summed E-state index contributed by atoms with van der Waals surface area (Å²) < 4.78 is 0. The van der Waals surface area contributed by atoms with Crippen molar-refractivity contribution in [1.82, 2.24) is 0 Å². The number of benzene rings is 7. The van der Waals surface area contributed by atoms with E-state index < -0.39 is 5.41 Å². The topological polar surface area (TPSA) is 62.2 Å². The molecule has 0 bridgehead atoms. The molecule has 2 aliphatic rings. The van der Waals surface area contributed by atoms with E-state index in [0.717, 1.165) is 33.0 Å². The second-order valence-electron chi connectivity index (χ2n) is 12.1. The Balaban J connectivity index is 1.34. The Labute approximate surface area is 267 Å². The van der Waals surface area contributed by atoms with Crippen LogP contribution in [-0.2, 0) is 5.41 Å². The van der Waals surface area contributed by atoms with E-state index in [1.54, 1.807) is 0 Å². The molecule has 0 radical (unpaired) electrons. The highest BCUT2D eigenvalue weighted by molar-refractivity contribution is 6.15. The van der Waals surface area contributed by atoms with Crippen LogP contribution in [0.5, 0.6) is 0 Å². The van der Waals surface area contributed by atoms with Crippen LogP contribution in [0.2, 0.25) is 0 Å². The first-order valence-corrected chi connectivity index (χ1v) is 15.6. The fourth-order valence-corrected chi connectivity index (χ4v) is 7.88. The molecule has 7 aromatic carbocycles. The van der Waals surface area contributed by atoms with Gasteiger partial charge in [-0.2, -0.15) is 0 Å². The molecular formula is C43H29N3. The standard InChI is InChI=1S/C43H29N3/c44-41(27-13-2-1-3-14-27)46-42(45)35-26-29-16-5-4-15-28(29)25-34(35)32-20-12-24-39-40(32)33-19-8-11-23-38(33)43(39)36-21-9-6-17-30(36)31-18-7-10-22-37(31)43/h1-26H,(H3,44,45,46). The molecule has 3 heteroatoms. The molecule has 1 spiro atoms. The summed E-state index contributed by atoms with van der Waals surface area (Å²) in [4.78, 5) is 4.66. The van der Waals surface area contributed by atoms with Gasteiger partial charge in [-0.1, -0.05) is 146 Å². The smallest absolute Gasteiger partial charge is 0.154 e. The third-order valence-electron chi connectivity index (χ3n) is 9.75. The molecule has 0 saturated heterocycles. The van der Waals surface area contributed by atoms with Crippen LogP contribution in [0.15, 0.2) is 163 Å². The van der Waals surface area contributed by atoms with Gasteiger partial charge in [0.1, 0.15) is 5.84 Å². The Morgan fingerprint density at radius 2 is 0.978 bits per heavy atom. The van der Waals surface area contributed by atoms with Crippen LogP contribution in [0, 0.1) is 5.41 Å². The fraction of sp³-hybridized carbons (Fsp3) is 0.0233. The first-order chi connectivity index (χ1) is 22.7. The van der Waals surface area contributed by atoms with Crippen molar-refractivity contribution in [2.45, 2.75) is 5.41 Å². The van der Waals surface area contributed by atoms with Crippen molar-refractivity contribution in [2.24, 2.45) is 10.7 Å². The maximum Gasteiger partial charge on any atom is 0.154 e. The van der Waals surface area contributed by atoms with Crippen LogP contribution < -0.4 is 5.73 Å². The Morgan fingerprint density at radius 1 is 0.478 bits per heavy atom. The van der Waals surface area contributed by atoms with E-state index in [-0.39, 0.29) is 5.84 Å². The highest BCUT2D eigenvalue weighted by Crippen LogP contribution is 2.64. The summed E-state index contributed by atoms with van der Waals surface area (Å²) in [6.07, 6.45) is 0. The maximum atomic E-state index is 9.30. The number of fused-ring (bicyclic) bond motifs is 11. The van der Waals surface area contributed by atoms with Crippen molar-refractivity contribution in [3.8, 4) is 33.4 Å². The van der Waals surface area contributed by atoms with E-state index in [4.69, 9.17) is 5.73 Å². The molecule has 216 valence electrons. The van der Waals surface area contributed by atoms with Crippen molar-refractivity contribution in [2.75, 3.05) is 0 Å². The van der Waals surface area contributed by atoms with Gasteiger partial charge in [-0.25, -0.2) is 4.99 Å². The van der Waals surface area contributed by atoms with Crippen molar-refractivity contribution in [1.29, 1.82) is 5.41 Å². The molecule has 7 aromatic rings. The summed E-state index contributed by atoms with van der Waals surface area (Å²) in [5.41, 5.74) is 19.8. The highest BCUT2D eigenvalue weighted by Gasteiger charge is 2.52. The molecule has 0 saturated carbocycles. The van der Waals surface area contributed by atoms with E-state index >= 15 is 0 Å². The van der Waals surface area contributed by atoms with Gasteiger partial charge in [0.2, 0.25) is 0 Å². The van der Waals surface area contributed by atoms with Crippen LogP contribution in [-0.4, -0.2) is 11.7 Å². The van der Waals surface area contributed by atoms with Gasteiger partial charge in [0.25, 0.3) is 0 Å². The molecule has 0 unspecified atom stereocenters. The third-order valence-corrected chi connectivity index (χ3v) is 9.75. The molecule has 0 aliphatic heterocycles. The zero-order valence-corrected chi connectivity index (χ0v) is 25.0. The monoisotopic (exact) mass is 587 g/mol. The fourth-order valence-electron chi connectivity index (χ4n) is 7.88. The molecule has 2 aliphatic carbocycles. The highest BCUT2D eigenvalue weighted by atomic mass is 14.9. The summed E-state index contributed by atoms with van der Waals surface area (Å²) in [7, 11) is 0. The normalized spacial score (nSPS) is 13.7. The largest absolute Gasteiger partial charge is 0.383 e. The third kappa shape index (κ3) is 3.60. The summed E-state index contributed by atoms with van der Waals surface area (Å²) in [5.74, 6) is 0.462. The molecule has 0 heterocycles. The predicted octanol–water partition coefficient (Wildman–Crippen LogP) is 9.58. The van der Waals surface area contributed by atoms with Gasteiger partial charge in [0, 0.05) is 11.1 Å². The van der Waals surface area contributed by atoms with E-state index in [1.165, 1.54) is 44.5 Å². The van der Waals surface area contributed by atoms with Gasteiger partial charge in [-0.15, -0.1) is 0 Å². The predicted molar refractivity (Wildman–Crippen MR) is 190 cm³/mol. The molecule has 46 heavy (non-hydrogen) atoms. The Bertz CT molecular complexity index is 2350. The molecule has 3 nitrogen and oxygen atoms in total. The van der Waals surface area contributed by atoms with Gasteiger partial charge in [0.05, 0.1) is 5.41 Å². The number of rotatable bonds is 3. The van der Waals surface area contributed by atoms with E-state index in [2.05, 4.69) is 126 Å². The average Bonchev–Trinajstić information content (AvgIpc) is 3.59. The molecule has 9 rings (SSSR count). The van der Waals surface area contributed by atoms with Gasteiger partial charge < -0.3 is 5.73 Å². The minimum Gasteiger partial charge on any atom is -0.383 e. The lowest BCUT2D eigenvalue weighted by atomic mass is 9.70. The Kier molecular flexibility index (Phi) is 5.72. The van der Waals surface area contributed by atoms with Gasteiger partial charge in [-0.3, -0.25) is 5.41 Å². The van der Waals surface area contributed by atoms with Crippen LogP contribution in [0.3, 0.4) is 0 Å². The van der Waals surface area contributed by atoms with Gasteiger partial charge in [0.15, 0.2) is 5.84 Å². The summed E-state index contributed by atoms with van der Waals surface area (Å²) in [6.45, 7) is 0. The molecule has 0 aromatic heterocycles. The molecule has 0 fully saturated rings. The summed E-state index contributed by atoms with van der Waals surface area (Å²) in [6, 6.07) is 55.5. The van der Waals surface area contributed by atoms with Gasteiger partial charge >= 0.3 is 0 Å². The quantitative estimate of drug-likeness (QED) is 0.157. The number of nitrogens with two attached hydrogens (primary N) is 1.